The summed E-state index contributed by atoms with van der Waals surface area (Å²) in [5.41, 5.74) is 0.184. The maximum absolute atomic E-state index is 13.5. The molecule has 2 saturated carbocycles. The fraction of sp³-hybridized carbons (Fsp3) is 0.548. The minimum absolute atomic E-state index is 0.0111. The van der Waals surface area contributed by atoms with Crippen LogP contribution in [0.25, 0.3) is 5.82 Å². The van der Waals surface area contributed by atoms with Crippen molar-refractivity contribution in [2.45, 2.75) is 64.0 Å². The van der Waals surface area contributed by atoms with Crippen LogP contribution in [0.15, 0.2) is 54.4 Å². The number of nitrogens with one attached hydrogen (secondary N) is 2. The Kier molecular flexibility index (Phi) is 8.31. The van der Waals surface area contributed by atoms with Crippen LogP contribution in [-0.4, -0.2) is 63.7 Å². The highest BCUT2D eigenvalue weighted by molar-refractivity contribution is 8.13. The number of amides is 1. The Morgan fingerprint density at radius 3 is 2.76 bits per heavy atom. The lowest BCUT2D eigenvalue weighted by Crippen LogP contribution is -2.40. The topological polar surface area (TPSA) is 106 Å². The molecule has 0 spiro atoms. The van der Waals surface area contributed by atoms with Gasteiger partial charge in [0.25, 0.3) is 5.91 Å². The Morgan fingerprint density at radius 2 is 2.02 bits per heavy atom. The predicted octanol–water partition coefficient (Wildman–Crippen LogP) is 4.88. The van der Waals surface area contributed by atoms with Crippen LogP contribution >= 0.6 is 11.9 Å². The number of fused-ring (bicyclic) bond motifs is 4. The van der Waals surface area contributed by atoms with Crippen molar-refractivity contribution < 1.29 is 14.3 Å². The molecule has 6 rings (SSSR count). The van der Waals surface area contributed by atoms with Crippen molar-refractivity contribution in [3.05, 3.63) is 55.0 Å². The zero-order chi connectivity index (χ0) is 29.3. The average Bonchev–Trinajstić information content (AvgIpc) is 3.91. The summed E-state index contributed by atoms with van der Waals surface area (Å²) in [6.45, 7) is 14.5. The van der Waals surface area contributed by atoms with Crippen molar-refractivity contribution in [1.82, 2.24) is 24.8 Å². The Bertz CT molecular complexity index is 1350. The molecule has 1 saturated heterocycles. The maximum Gasteiger partial charge on any atom is 0.265 e. The molecule has 4 aliphatic rings. The number of aliphatic imine (C=N–C) groups is 1. The fourth-order valence-electron chi connectivity index (χ4n) is 6.19. The Balaban J connectivity index is 1.23. The van der Waals surface area contributed by atoms with Crippen molar-refractivity contribution in [2.24, 2.45) is 22.7 Å². The second-order valence-corrected chi connectivity index (χ2v) is 13.1. The average molecular weight is 592 g/mol. The molecule has 2 aliphatic carbocycles. The maximum atomic E-state index is 13.5. The minimum atomic E-state index is -0.279. The number of anilines is 1. The van der Waals surface area contributed by atoms with Gasteiger partial charge in [0.2, 0.25) is 5.88 Å². The first-order valence-corrected chi connectivity index (χ1v) is 15.8. The summed E-state index contributed by atoms with van der Waals surface area (Å²) < 4.78 is 16.9. The van der Waals surface area contributed by atoms with E-state index in [4.69, 9.17) is 14.5 Å². The number of carbonyl (C=O) groups excluding carboxylic acids is 1. The Morgan fingerprint density at radius 1 is 1.24 bits per heavy atom. The van der Waals surface area contributed by atoms with Gasteiger partial charge in [-0.15, -0.1) is 5.10 Å². The summed E-state index contributed by atoms with van der Waals surface area (Å²) in [6.07, 6.45) is 10.9. The van der Waals surface area contributed by atoms with E-state index in [2.05, 4.69) is 52.0 Å². The molecule has 1 atom stereocenters. The van der Waals surface area contributed by atoms with E-state index >= 15 is 0 Å². The van der Waals surface area contributed by atoms with E-state index in [0.717, 1.165) is 42.5 Å². The van der Waals surface area contributed by atoms with Crippen molar-refractivity contribution >= 4 is 28.7 Å². The lowest BCUT2D eigenvalue weighted by molar-refractivity contribution is 0.0664. The second-order valence-electron chi connectivity index (χ2n) is 12.3. The van der Waals surface area contributed by atoms with Crippen LogP contribution in [-0.2, 0) is 4.74 Å². The van der Waals surface area contributed by atoms with E-state index in [1.165, 1.54) is 25.7 Å². The third kappa shape index (κ3) is 6.67. The first-order valence-electron chi connectivity index (χ1n) is 15.0. The Hall–Kier alpha value is -3.31. The molecule has 2 aliphatic heterocycles. The van der Waals surface area contributed by atoms with E-state index in [9.17, 15) is 4.79 Å². The van der Waals surface area contributed by atoms with Gasteiger partial charge in [-0.05, 0) is 88.3 Å². The number of ether oxygens (including phenoxy) is 2. The zero-order valence-corrected chi connectivity index (χ0v) is 25.4. The van der Waals surface area contributed by atoms with Crippen LogP contribution in [0, 0.1) is 17.8 Å². The van der Waals surface area contributed by atoms with Crippen molar-refractivity contribution in [3.8, 4) is 11.7 Å². The van der Waals surface area contributed by atoms with Gasteiger partial charge < -0.3 is 19.7 Å². The molecule has 2 aromatic rings. The fourth-order valence-corrected chi connectivity index (χ4v) is 6.74. The van der Waals surface area contributed by atoms with Crippen LogP contribution in [0.3, 0.4) is 0 Å². The predicted molar refractivity (Wildman–Crippen MR) is 166 cm³/mol. The van der Waals surface area contributed by atoms with Gasteiger partial charge in [0, 0.05) is 42.8 Å². The summed E-state index contributed by atoms with van der Waals surface area (Å²) in [5.74, 6) is 4.64. The summed E-state index contributed by atoms with van der Waals surface area (Å²) in [7, 11) is 0. The molecule has 42 heavy (non-hydrogen) atoms. The van der Waals surface area contributed by atoms with E-state index in [0.29, 0.717) is 60.2 Å². The first-order chi connectivity index (χ1) is 20.3. The molecule has 10 nitrogen and oxygen atoms in total. The van der Waals surface area contributed by atoms with Crippen LogP contribution < -0.4 is 19.7 Å². The highest BCUT2D eigenvalue weighted by Gasteiger charge is 2.42. The van der Waals surface area contributed by atoms with E-state index in [-0.39, 0.29) is 17.6 Å². The number of pyridine rings is 1. The lowest BCUT2D eigenvalue weighted by Gasteiger charge is -2.33. The summed E-state index contributed by atoms with van der Waals surface area (Å²) in [4.78, 5) is 25.1. The van der Waals surface area contributed by atoms with Gasteiger partial charge in [-0.2, -0.15) is 0 Å². The molecule has 4 heterocycles. The summed E-state index contributed by atoms with van der Waals surface area (Å²) in [6, 6.07) is 5.50. The van der Waals surface area contributed by atoms with Crippen LogP contribution in [0.2, 0.25) is 0 Å². The van der Waals surface area contributed by atoms with Gasteiger partial charge in [0.05, 0.1) is 24.9 Å². The summed E-state index contributed by atoms with van der Waals surface area (Å²) in [5, 5.41) is 8.35. The number of aromatic nitrogens is 3. The van der Waals surface area contributed by atoms with Crippen molar-refractivity contribution in [2.75, 3.05) is 31.2 Å². The van der Waals surface area contributed by atoms with Gasteiger partial charge in [-0.1, -0.05) is 13.2 Å². The van der Waals surface area contributed by atoms with Crippen molar-refractivity contribution in [3.63, 3.8) is 0 Å². The standard InChI is InChI=1S/C31H41N7O3S/c1-5-28-33-20(2)32-14-17-40-23-18-31(3,4)37(19-23)29-25(30(39)36-42-28)10-11-26(34-29)38-15-12-27(35-38)41-16-13-24(21-6-7-21)22-8-9-22/h5,10-12,15,21-24,32H,1-2,6-9,13-14,16-19H2,3-4H3,(H,36,39)/b33-28+. The second kappa shape index (κ2) is 12.1. The SMILES string of the molecule is C=C/C1=N\C(=C)NCCOC2CN(c3nc(-n4ccc(OCCC(C5CC5)C5CC5)n4)ccc3C(=O)NS1)C(C)(C)C2. The van der Waals surface area contributed by atoms with Gasteiger partial charge in [-0.25, -0.2) is 14.7 Å². The molecule has 0 aromatic carbocycles. The lowest BCUT2D eigenvalue weighted by atomic mass is 9.95. The first kappa shape index (κ1) is 28.8. The van der Waals surface area contributed by atoms with Crippen LogP contribution in [0.4, 0.5) is 5.82 Å². The highest BCUT2D eigenvalue weighted by atomic mass is 32.2. The molecule has 2 N–H and O–H groups in total. The Labute approximate surface area is 252 Å². The number of carbonyl (C=O) groups is 1. The number of hydrogen-bond donors (Lipinski definition) is 2. The number of rotatable bonds is 8. The number of hydrogen-bond acceptors (Lipinski definition) is 9. The molecule has 224 valence electrons. The van der Waals surface area contributed by atoms with Gasteiger partial charge in [0.1, 0.15) is 16.7 Å². The summed E-state index contributed by atoms with van der Waals surface area (Å²) >= 11 is 1.09. The minimum Gasteiger partial charge on any atom is -0.477 e. The zero-order valence-electron chi connectivity index (χ0n) is 24.6. The molecular formula is C31H41N7O3S. The normalized spacial score (nSPS) is 24.1. The number of nitrogens with zero attached hydrogens (tertiary/aromatic N) is 5. The third-order valence-corrected chi connectivity index (χ3v) is 9.37. The molecule has 2 aromatic heterocycles. The van der Waals surface area contributed by atoms with E-state index in [1.807, 2.05) is 18.3 Å². The van der Waals surface area contributed by atoms with Crippen molar-refractivity contribution in [1.29, 1.82) is 0 Å². The van der Waals surface area contributed by atoms with Gasteiger partial charge >= 0.3 is 0 Å². The monoisotopic (exact) mass is 591 g/mol. The smallest absolute Gasteiger partial charge is 0.265 e. The molecule has 2 bridgehead atoms. The molecule has 11 heteroatoms. The quantitative estimate of drug-likeness (QED) is 0.419. The largest absolute Gasteiger partial charge is 0.477 e. The van der Waals surface area contributed by atoms with Crippen LogP contribution in [0.1, 0.15) is 62.7 Å². The van der Waals surface area contributed by atoms with Crippen LogP contribution in [0.5, 0.6) is 5.88 Å². The molecule has 0 radical (unpaired) electrons. The molecule has 3 fully saturated rings. The molecular weight excluding hydrogens is 550 g/mol. The van der Waals surface area contributed by atoms with Gasteiger partial charge in [0.15, 0.2) is 5.82 Å². The molecule has 1 unspecified atom stereocenters. The third-order valence-electron chi connectivity index (χ3n) is 8.61. The van der Waals surface area contributed by atoms with Gasteiger partial charge in [-0.3, -0.25) is 9.52 Å². The molecule has 1 amide bonds. The van der Waals surface area contributed by atoms with E-state index < -0.39 is 0 Å². The van der Waals surface area contributed by atoms with E-state index in [1.54, 1.807) is 16.8 Å². The highest BCUT2D eigenvalue weighted by Crippen LogP contribution is 2.50.